The average Bonchev–Trinajstić information content (AvgIpc) is 2.54. The third-order valence-electron chi connectivity index (χ3n) is 3.68. The van der Waals surface area contributed by atoms with Crippen LogP contribution < -0.4 is 5.32 Å². The zero-order chi connectivity index (χ0) is 19.3. The van der Waals surface area contributed by atoms with E-state index in [4.69, 9.17) is 4.74 Å². The molecule has 26 heavy (non-hydrogen) atoms. The topological polar surface area (TPSA) is 88.5 Å². The fraction of sp³-hybridized carbons (Fsp3) is 0.350. The minimum absolute atomic E-state index is 0.0721. The number of nitrogens with zero attached hydrogens (tertiary/aromatic N) is 1. The standard InChI is InChI=1S/C20H24N2O4/c1-13-7-5-6-8-16(13)14-9-10-15(21-12-14)11-17(18(23)24)22-19(25)26-20(2,3)4/h5-10,12,17H,11H2,1-4H3,(H,22,25)(H,23,24)/t17-/m0/s1. The minimum atomic E-state index is -1.14. The van der Waals surface area contributed by atoms with Crippen molar-refractivity contribution < 1.29 is 19.4 Å². The number of aryl methyl sites for hydroxylation is 1. The molecule has 1 aromatic carbocycles. The lowest BCUT2D eigenvalue weighted by Crippen LogP contribution is -2.44. The van der Waals surface area contributed by atoms with E-state index in [-0.39, 0.29) is 6.42 Å². The molecular weight excluding hydrogens is 332 g/mol. The Bertz CT molecular complexity index is 779. The number of amides is 1. The molecule has 2 aromatic rings. The fourth-order valence-electron chi connectivity index (χ4n) is 2.46. The van der Waals surface area contributed by atoms with Crippen molar-refractivity contribution in [3.05, 3.63) is 53.9 Å². The highest BCUT2D eigenvalue weighted by atomic mass is 16.6. The number of hydrogen-bond donors (Lipinski definition) is 2. The number of nitrogens with one attached hydrogen (secondary N) is 1. The van der Waals surface area contributed by atoms with Gasteiger partial charge in [-0.15, -0.1) is 0 Å². The molecule has 6 nitrogen and oxygen atoms in total. The summed E-state index contributed by atoms with van der Waals surface area (Å²) in [5.74, 6) is -1.14. The molecule has 6 heteroatoms. The molecule has 0 aliphatic carbocycles. The van der Waals surface area contributed by atoms with E-state index in [1.807, 2.05) is 37.3 Å². The van der Waals surface area contributed by atoms with Gasteiger partial charge in [0.05, 0.1) is 0 Å². The van der Waals surface area contributed by atoms with Crippen LogP contribution in [-0.2, 0) is 16.0 Å². The van der Waals surface area contributed by atoms with Gasteiger partial charge in [0.25, 0.3) is 0 Å². The first-order valence-corrected chi connectivity index (χ1v) is 8.39. The molecule has 2 N–H and O–H groups in total. The third kappa shape index (κ3) is 5.58. The lowest BCUT2D eigenvalue weighted by molar-refractivity contribution is -0.139. The Hall–Kier alpha value is -2.89. The Kier molecular flexibility index (Phi) is 5.97. The second-order valence-electron chi connectivity index (χ2n) is 7.09. The van der Waals surface area contributed by atoms with Crippen molar-refractivity contribution >= 4 is 12.1 Å². The molecule has 0 bridgehead atoms. The summed E-state index contributed by atoms with van der Waals surface area (Å²) in [4.78, 5) is 27.6. The molecule has 1 amide bonds. The first-order chi connectivity index (χ1) is 12.2. The highest BCUT2D eigenvalue weighted by molar-refractivity contribution is 5.80. The van der Waals surface area contributed by atoms with Gasteiger partial charge in [-0.2, -0.15) is 0 Å². The van der Waals surface area contributed by atoms with Gasteiger partial charge in [-0.1, -0.05) is 30.3 Å². The van der Waals surface area contributed by atoms with Crippen molar-refractivity contribution in [2.45, 2.75) is 45.8 Å². The molecule has 0 fully saturated rings. The van der Waals surface area contributed by atoms with Gasteiger partial charge in [0, 0.05) is 23.9 Å². The molecule has 138 valence electrons. The van der Waals surface area contributed by atoms with Gasteiger partial charge in [0.15, 0.2) is 0 Å². The third-order valence-corrected chi connectivity index (χ3v) is 3.68. The van der Waals surface area contributed by atoms with Crippen molar-refractivity contribution in [1.82, 2.24) is 10.3 Å². The molecule has 1 atom stereocenters. The van der Waals surface area contributed by atoms with Crippen molar-refractivity contribution in [3.63, 3.8) is 0 Å². The first-order valence-electron chi connectivity index (χ1n) is 8.39. The number of carbonyl (C=O) groups excluding carboxylic acids is 1. The van der Waals surface area contributed by atoms with E-state index in [0.29, 0.717) is 5.69 Å². The van der Waals surface area contributed by atoms with E-state index >= 15 is 0 Å². The smallest absolute Gasteiger partial charge is 0.408 e. The zero-order valence-corrected chi connectivity index (χ0v) is 15.4. The number of pyridine rings is 1. The molecule has 0 aliphatic heterocycles. The number of aliphatic carboxylic acids is 1. The number of benzene rings is 1. The quantitative estimate of drug-likeness (QED) is 0.855. The zero-order valence-electron chi connectivity index (χ0n) is 15.4. The van der Waals surface area contributed by atoms with Crippen LogP contribution in [0.25, 0.3) is 11.1 Å². The number of alkyl carbamates (subject to hydrolysis) is 1. The largest absolute Gasteiger partial charge is 0.480 e. The van der Waals surface area contributed by atoms with E-state index < -0.39 is 23.7 Å². The Balaban J connectivity index is 2.09. The molecule has 2 rings (SSSR count). The van der Waals surface area contributed by atoms with Crippen molar-refractivity contribution in [3.8, 4) is 11.1 Å². The number of carboxylic acids is 1. The number of aromatic nitrogens is 1. The molecule has 0 radical (unpaired) electrons. The monoisotopic (exact) mass is 356 g/mol. The molecule has 0 spiro atoms. The van der Waals surface area contributed by atoms with E-state index in [1.165, 1.54) is 0 Å². The van der Waals surface area contributed by atoms with Crippen LogP contribution in [0.2, 0.25) is 0 Å². The van der Waals surface area contributed by atoms with Gasteiger partial charge in [-0.25, -0.2) is 9.59 Å². The van der Waals surface area contributed by atoms with Crippen molar-refractivity contribution in [1.29, 1.82) is 0 Å². The Labute approximate surface area is 153 Å². The Morgan fingerprint density at radius 2 is 1.88 bits per heavy atom. The first kappa shape index (κ1) is 19.4. The average molecular weight is 356 g/mol. The summed E-state index contributed by atoms with van der Waals surface area (Å²) in [5, 5.41) is 11.7. The van der Waals surface area contributed by atoms with Crippen molar-refractivity contribution in [2.24, 2.45) is 0 Å². The molecule has 0 saturated carbocycles. The number of ether oxygens (including phenoxy) is 1. The predicted molar refractivity (Wildman–Crippen MR) is 98.9 cm³/mol. The number of hydrogen-bond acceptors (Lipinski definition) is 4. The van der Waals surface area contributed by atoms with Gasteiger partial charge in [0.2, 0.25) is 0 Å². The van der Waals surface area contributed by atoms with Crippen LogP contribution in [-0.4, -0.2) is 33.8 Å². The second kappa shape index (κ2) is 7.99. The van der Waals surface area contributed by atoms with Gasteiger partial charge < -0.3 is 15.2 Å². The number of rotatable bonds is 5. The number of carbonyl (C=O) groups is 2. The SMILES string of the molecule is Cc1ccccc1-c1ccc(C[C@H](NC(=O)OC(C)(C)C)C(=O)O)nc1. The molecule has 0 unspecified atom stereocenters. The summed E-state index contributed by atoms with van der Waals surface area (Å²) >= 11 is 0. The summed E-state index contributed by atoms with van der Waals surface area (Å²) in [7, 11) is 0. The van der Waals surface area contributed by atoms with Crippen LogP contribution in [0.3, 0.4) is 0 Å². The highest BCUT2D eigenvalue weighted by Gasteiger charge is 2.24. The Morgan fingerprint density at radius 1 is 1.19 bits per heavy atom. The molecule has 1 heterocycles. The lowest BCUT2D eigenvalue weighted by Gasteiger charge is -2.22. The molecular formula is C20H24N2O4. The maximum absolute atomic E-state index is 11.8. The molecule has 0 aliphatic rings. The Morgan fingerprint density at radius 3 is 2.42 bits per heavy atom. The van der Waals surface area contributed by atoms with E-state index in [1.54, 1.807) is 33.0 Å². The summed E-state index contributed by atoms with van der Waals surface area (Å²) in [5.41, 5.74) is 3.05. The highest BCUT2D eigenvalue weighted by Crippen LogP contribution is 2.22. The van der Waals surface area contributed by atoms with Crippen LogP contribution in [0.1, 0.15) is 32.0 Å². The van der Waals surface area contributed by atoms with Crippen molar-refractivity contribution in [2.75, 3.05) is 0 Å². The molecule has 0 saturated heterocycles. The second-order valence-corrected chi connectivity index (χ2v) is 7.09. The van der Waals surface area contributed by atoms with Gasteiger partial charge in [0.1, 0.15) is 11.6 Å². The van der Waals surface area contributed by atoms with E-state index in [2.05, 4.69) is 10.3 Å². The normalized spacial score (nSPS) is 12.3. The summed E-state index contributed by atoms with van der Waals surface area (Å²) in [6.45, 7) is 7.17. The van der Waals surface area contributed by atoms with E-state index in [0.717, 1.165) is 16.7 Å². The number of carboxylic acid groups (broad SMARTS) is 1. The van der Waals surface area contributed by atoms with Crippen LogP contribution in [0, 0.1) is 6.92 Å². The van der Waals surface area contributed by atoms with Gasteiger partial charge in [-0.3, -0.25) is 4.98 Å². The summed E-state index contributed by atoms with van der Waals surface area (Å²) in [6.07, 6.45) is 1.02. The fourth-order valence-corrected chi connectivity index (χ4v) is 2.46. The van der Waals surface area contributed by atoms with Crippen LogP contribution in [0.5, 0.6) is 0 Å². The van der Waals surface area contributed by atoms with Crippen LogP contribution in [0.15, 0.2) is 42.6 Å². The predicted octanol–water partition coefficient (Wildman–Crippen LogP) is 3.58. The maximum atomic E-state index is 11.8. The summed E-state index contributed by atoms with van der Waals surface area (Å²) in [6, 6.07) is 10.5. The van der Waals surface area contributed by atoms with Crippen LogP contribution >= 0.6 is 0 Å². The summed E-state index contributed by atoms with van der Waals surface area (Å²) < 4.78 is 5.11. The van der Waals surface area contributed by atoms with E-state index in [9.17, 15) is 14.7 Å². The maximum Gasteiger partial charge on any atom is 0.408 e. The molecule has 1 aromatic heterocycles. The van der Waals surface area contributed by atoms with Gasteiger partial charge in [-0.05, 0) is 44.9 Å². The van der Waals surface area contributed by atoms with Crippen LogP contribution in [0.4, 0.5) is 4.79 Å². The minimum Gasteiger partial charge on any atom is -0.480 e. The van der Waals surface area contributed by atoms with Gasteiger partial charge >= 0.3 is 12.1 Å². The lowest BCUT2D eigenvalue weighted by atomic mass is 10.0.